The summed E-state index contributed by atoms with van der Waals surface area (Å²) >= 11 is 3.22. The van der Waals surface area contributed by atoms with Crippen LogP contribution in [0.5, 0.6) is 0 Å². The van der Waals surface area contributed by atoms with Gasteiger partial charge in [0.25, 0.3) is 0 Å². The molecule has 0 aliphatic rings. The van der Waals surface area contributed by atoms with Crippen LogP contribution in [0.15, 0.2) is 24.3 Å². The molecule has 68 valence electrons. The highest BCUT2D eigenvalue weighted by atomic mass is 79.9. The molecule has 0 aromatic heterocycles. The lowest BCUT2D eigenvalue weighted by Crippen LogP contribution is -1.77. The van der Waals surface area contributed by atoms with Crippen molar-refractivity contribution in [2.75, 3.05) is 0 Å². The fraction of sp³-hybridized carbons (Fsp3) is 0.400. The largest absolute Gasteiger partial charge is 0.207 e. The van der Waals surface area contributed by atoms with Crippen LogP contribution in [-0.2, 0) is 5.33 Å². The predicted octanol–water partition coefficient (Wildman–Crippen LogP) is 4.14. The van der Waals surface area contributed by atoms with E-state index in [0.717, 1.165) is 5.56 Å². The normalized spacial score (nSPS) is 8.67. The Morgan fingerprint density at radius 1 is 1.33 bits per heavy atom. The topological polar surface area (TPSA) is 0 Å². The maximum atomic E-state index is 12.3. The molecule has 0 spiro atoms. The monoisotopic (exact) mass is 232 g/mol. The van der Waals surface area contributed by atoms with Crippen molar-refractivity contribution in [1.29, 1.82) is 0 Å². The lowest BCUT2D eigenvalue weighted by Gasteiger charge is -1.91. The van der Waals surface area contributed by atoms with Crippen LogP contribution in [0, 0.1) is 5.82 Å². The van der Waals surface area contributed by atoms with Gasteiger partial charge >= 0.3 is 0 Å². The summed E-state index contributed by atoms with van der Waals surface area (Å²) in [7, 11) is 0. The Morgan fingerprint density at radius 3 is 2.25 bits per heavy atom. The van der Waals surface area contributed by atoms with Crippen LogP contribution in [-0.4, -0.2) is 0 Å². The van der Waals surface area contributed by atoms with Crippen LogP contribution in [0.4, 0.5) is 4.39 Å². The highest BCUT2D eigenvalue weighted by Gasteiger charge is 1.89. The van der Waals surface area contributed by atoms with Gasteiger partial charge in [-0.2, -0.15) is 0 Å². The molecular weight excluding hydrogens is 219 g/mol. The third-order valence-corrected chi connectivity index (χ3v) is 1.69. The third kappa shape index (κ3) is 5.30. The van der Waals surface area contributed by atoms with Gasteiger partial charge in [0.2, 0.25) is 0 Å². The van der Waals surface area contributed by atoms with Gasteiger partial charge in [-0.3, -0.25) is 0 Å². The first-order valence-corrected chi connectivity index (χ1v) is 5.17. The SMILES string of the molecule is CCC.Fc1cccc(CBr)c1. The Balaban J connectivity index is 0.000000354. The van der Waals surface area contributed by atoms with Crippen LogP contribution in [0.2, 0.25) is 0 Å². The summed E-state index contributed by atoms with van der Waals surface area (Å²) in [5, 5.41) is 0.713. The zero-order chi connectivity index (χ0) is 9.40. The molecule has 12 heavy (non-hydrogen) atoms. The lowest BCUT2D eigenvalue weighted by atomic mass is 10.2. The smallest absolute Gasteiger partial charge is 0.123 e. The first-order valence-electron chi connectivity index (χ1n) is 4.05. The molecular formula is C10H14BrF. The number of rotatable bonds is 1. The average Bonchev–Trinajstić information content (AvgIpc) is 2.06. The van der Waals surface area contributed by atoms with Crippen molar-refractivity contribution in [1.82, 2.24) is 0 Å². The van der Waals surface area contributed by atoms with E-state index >= 15 is 0 Å². The van der Waals surface area contributed by atoms with Gasteiger partial charge in [-0.05, 0) is 17.7 Å². The Labute approximate surface area is 81.9 Å². The first kappa shape index (κ1) is 11.6. The number of hydrogen-bond donors (Lipinski definition) is 0. The van der Waals surface area contributed by atoms with Crippen LogP contribution >= 0.6 is 15.9 Å². The molecule has 0 nitrogen and oxygen atoms in total. The predicted molar refractivity (Wildman–Crippen MR) is 55.0 cm³/mol. The fourth-order valence-corrected chi connectivity index (χ4v) is 0.969. The quantitative estimate of drug-likeness (QED) is 0.639. The fourth-order valence-electron chi connectivity index (χ4n) is 0.620. The molecule has 1 aromatic carbocycles. The minimum atomic E-state index is -0.174. The second-order valence-corrected chi connectivity index (χ2v) is 3.03. The molecule has 0 bridgehead atoms. The third-order valence-electron chi connectivity index (χ3n) is 1.04. The summed E-state index contributed by atoms with van der Waals surface area (Å²) in [6.07, 6.45) is 1.25. The highest BCUT2D eigenvalue weighted by molar-refractivity contribution is 9.08. The van der Waals surface area contributed by atoms with E-state index in [2.05, 4.69) is 29.8 Å². The van der Waals surface area contributed by atoms with Crippen molar-refractivity contribution in [3.05, 3.63) is 35.6 Å². The van der Waals surface area contributed by atoms with Gasteiger partial charge in [-0.15, -0.1) is 0 Å². The molecule has 0 heterocycles. The molecule has 1 rings (SSSR count). The molecule has 0 saturated heterocycles. The van der Waals surface area contributed by atoms with Gasteiger partial charge in [0, 0.05) is 5.33 Å². The summed E-state index contributed by atoms with van der Waals surface area (Å²) in [5.74, 6) is -0.174. The molecule has 0 aliphatic heterocycles. The van der Waals surface area contributed by atoms with Crippen molar-refractivity contribution < 1.29 is 4.39 Å². The van der Waals surface area contributed by atoms with Gasteiger partial charge in [-0.1, -0.05) is 48.3 Å². The van der Waals surface area contributed by atoms with E-state index in [0.29, 0.717) is 5.33 Å². The van der Waals surface area contributed by atoms with Crippen LogP contribution < -0.4 is 0 Å². The minimum Gasteiger partial charge on any atom is -0.207 e. The molecule has 0 fully saturated rings. The van der Waals surface area contributed by atoms with Crippen LogP contribution in [0.25, 0.3) is 0 Å². The summed E-state index contributed by atoms with van der Waals surface area (Å²) in [5.41, 5.74) is 0.968. The summed E-state index contributed by atoms with van der Waals surface area (Å²) in [6.45, 7) is 4.25. The molecule has 2 heteroatoms. The molecule has 0 N–H and O–H groups in total. The van der Waals surface area contributed by atoms with Gasteiger partial charge < -0.3 is 0 Å². The van der Waals surface area contributed by atoms with E-state index in [-0.39, 0.29) is 5.82 Å². The number of alkyl halides is 1. The van der Waals surface area contributed by atoms with Gasteiger partial charge in [0.15, 0.2) is 0 Å². The second kappa shape index (κ2) is 7.29. The van der Waals surface area contributed by atoms with Gasteiger partial charge in [0.05, 0.1) is 0 Å². The van der Waals surface area contributed by atoms with Crippen molar-refractivity contribution in [3.8, 4) is 0 Å². The standard InChI is InChI=1S/C7H6BrF.C3H8/c8-5-6-2-1-3-7(9)4-6;1-3-2/h1-4H,5H2;3H2,1-2H3. The van der Waals surface area contributed by atoms with Crippen molar-refractivity contribution in [2.45, 2.75) is 25.6 Å². The van der Waals surface area contributed by atoms with E-state index in [1.807, 2.05) is 6.07 Å². The molecule has 1 aromatic rings. The van der Waals surface area contributed by atoms with Crippen molar-refractivity contribution in [3.63, 3.8) is 0 Å². The zero-order valence-electron chi connectivity index (χ0n) is 7.48. The number of hydrogen-bond acceptors (Lipinski definition) is 0. The lowest BCUT2D eigenvalue weighted by molar-refractivity contribution is 0.626. The van der Waals surface area contributed by atoms with Crippen LogP contribution in [0.1, 0.15) is 25.8 Å². The number of halogens is 2. The van der Waals surface area contributed by atoms with E-state index in [4.69, 9.17) is 0 Å². The molecule has 0 unspecified atom stereocenters. The van der Waals surface area contributed by atoms with Crippen LogP contribution in [0.3, 0.4) is 0 Å². The maximum Gasteiger partial charge on any atom is 0.123 e. The summed E-state index contributed by atoms with van der Waals surface area (Å²) in [6, 6.07) is 6.52. The van der Waals surface area contributed by atoms with E-state index in [1.165, 1.54) is 18.6 Å². The van der Waals surface area contributed by atoms with Gasteiger partial charge in [0.1, 0.15) is 5.82 Å². The maximum absolute atomic E-state index is 12.3. The Kier molecular flexibility index (Phi) is 7.06. The zero-order valence-corrected chi connectivity index (χ0v) is 9.07. The molecule has 0 atom stereocenters. The average molecular weight is 233 g/mol. The number of benzene rings is 1. The molecule has 0 aliphatic carbocycles. The summed E-state index contributed by atoms with van der Waals surface area (Å²) < 4.78 is 12.3. The van der Waals surface area contributed by atoms with E-state index in [1.54, 1.807) is 6.07 Å². The van der Waals surface area contributed by atoms with Gasteiger partial charge in [-0.25, -0.2) is 4.39 Å². The second-order valence-electron chi connectivity index (χ2n) is 2.47. The van der Waals surface area contributed by atoms with E-state index in [9.17, 15) is 4.39 Å². The Morgan fingerprint density at radius 2 is 1.92 bits per heavy atom. The van der Waals surface area contributed by atoms with Crippen molar-refractivity contribution in [2.24, 2.45) is 0 Å². The highest BCUT2D eigenvalue weighted by Crippen LogP contribution is 2.06. The molecule has 0 amide bonds. The van der Waals surface area contributed by atoms with E-state index < -0.39 is 0 Å². The van der Waals surface area contributed by atoms with Crippen molar-refractivity contribution >= 4 is 15.9 Å². The first-order chi connectivity index (χ1) is 5.74. The molecule has 0 saturated carbocycles. The molecule has 0 radical (unpaired) electrons. The minimum absolute atomic E-state index is 0.174. The Bertz CT molecular complexity index is 211. The summed E-state index contributed by atoms with van der Waals surface area (Å²) in [4.78, 5) is 0. The Hall–Kier alpha value is -0.370.